The van der Waals surface area contributed by atoms with Crippen molar-refractivity contribution in [2.24, 2.45) is 0 Å². The van der Waals surface area contributed by atoms with Gasteiger partial charge in [0, 0.05) is 103 Å². The Kier molecular flexibility index (Phi) is 92.7. The van der Waals surface area contributed by atoms with Crippen molar-refractivity contribution in [3.05, 3.63) is 0 Å². The Morgan fingerprint density at radius 1 is 0.133 bits per heavy atom. The summed E-state index contributed by atoms with van der Waals surface area (Å²) in [4.78, 5) is 0. The van der Waals surface area contributed by atoms with E-state index in [1.54, 1.807) is 0 Å². The smallest absolute Gasteiger partial charge is 0.0625 e. The second-order valence-electron chi connectivity index (χ2n) is 24.8. The Balaban J connectivity index is -0.000000671. The van der Waals surface area contributed by atoms with Gasteiger partial charge in [0.05, 0.1) is 97.1 Å². The van der Waals surface area contributed by atoms with E-state index in [9.17, 15) is 0 Å². The van der Waals surface area contributed by atoms with Crippen molar-refractivity contribution in [3.8, 4) is 97.1 Å². The fourth-order valence-corrected chi connectivity index (χ4v) is 51.6. The first-order valence-corrected chi connectivity index (χ1v) is 61.5. The summed E-state index contributed by atoms with van der Waals surface area (Å²) in [5, 5.41) is 142. The molecule has 0 aromatic heterocycles. The Morgan fingerprint density at radius 3 is 0.495 bits per heavy atom. The molecule has 0 aliphatic heterocycles. The highest BCUT2D eigenvalue weighted by atomic mass is 32.1. The fraction of sp³-hybridized carbons (Fsp3) is 0.792. The molecule has 0 radical (unpaired) electrons. The highest BCUT2D eigenvalue weighted by molar-refractivity contribution is 8.30. The van der Waals surface area contributed by atoms with Gasteiger partial charge in [-0.3, -0.25) is 0 Å². The third-order valence-corrected chi connectivity index (χ3v) is 57.4. The van der Waals surface area contributed by atoms with E-state index in [-0.39, 0.29) is 93.8 Å². The normalized spacial score (nSPS) is 12.0. The van der Waals surface area contributed by atoms with Crippen LogP contribution in [0, 0.1) is 181 Å². The molecule has 28 heteroatoms. The Hall–Kier alpha value is -3.00. The molecule has 6 unspecified atom stereocenters. The number of rotatable bonds is 65. The third kappa shape index (κ3) is 73.6. The van der Waals surface area contributed by atoms with Gasteiger partial charge in [-0.15, -0.1) is 63.4 Å². The van der Waals surface area contributed by atoms with E-state index in [1.165, 1.54) is 143 Å². The van der Waals surface area contributed by atoms with Gasteiger partial charge in [-0.05, 0) is 229 Å². The number of nitriles is 16. The zero-order valence-electron chi connectivity index (χ0n) is 64.8. The number of unbranched alkanes of at least 4 members (excludes halogenated alkanes) is 4. The van der Waals surface area contributed by atoms with Gasteiger partial charge < -0.3 is 0 Å². The van der Waals surface area contributed by atoms with Crippen LogP contribution in [-0.2, 0) is 0 Å². The van der Waals surface area contributed by atoms with Crippen LogP contribution in [0.3, 0.4) is 0 Å². The van der Waals surface area contributed by atoms with Gasteiger partial charge in [-0.1, -0.05) is 83.8 Å². The van der Waals surface area contributed by atoms with Crippen LogP contribution < -0.4 is 0 Å². The molecule has 0 aliphatic rings. The molecule has 0 saturated carbocycles. The van der Waals surface area contributed by atoms with Gasteiger partial charge in [0.15, 0.2) is 0 Å². The molecule has 16 nitrogen and oxygen atoms in total. The molecule has 6 atom stereocenters. The highest BCUT2D eigenvalue weighted by Gasteiger charge is 2.23. The van der Waals surface area contributed by atoms with E-state index >= 15 is 0 Å². The molecule has 574 valence electrons. The van der Waals surface area contributed by atoms with Crippen molar-refractivity contribution in [3.63, 3.8) is 0 Å². The standard InChI is InChI=1S/C25H41N5P4.C24H39N5P4.C16H27N3P2.C12H19N3P2/c1-2-14-31(15-3-9-26)22-23-33(18-6-12-29)20-8-21-34(19-7-13-30)25-24-32(16-4-10-27)17-5-11-28;1-2-13-30(14-3-8-25)19-22-33(23-20-31(15-4-9-26)16-5-10-27)24-21-32(17-6-11-28)18-7-12-29;1-2-3-13-20(14-7-4-10-17)21(15-8-5-11-18)16-9-6-12-19;1-2-9-16(10-3-6-13)17(11-4-7-14)12-5-8-15/h2-8,14-25H2,1H3;2-7,13-24H2,1H3;2-9,13-16H2,1H3;2-5,9-12H2,1H3. The van der Waals surface area contributed by atoms with Crippen molar-refractivity contribution < 1.29 is 0 Å². The van der Waals surface area contributed by atoms with Crippen molar-refractivity contribution in [2.75, 3.05) is 197 Å². The van der Waals surface area contributed by atoms with E-state index in [0.29, 0.717) is 103 Å². The molecule has 0 saturated heterocycles. The van der Waals surface area contributed by atoms with E-state index < -0.39 is 0 Å². The van der Waals surface area contributed by atoms with E-state index in [1.807, 2.05) is 0 Å². The summed E-state index contributed by atoms with van der Waals surface area (Å²) in [5.41, 5.74) is 0. The summed E-state index contributed by atoms with van der Waals surface area (Å²) in [6, 6.07) is 36.3. The van der Waals surface area contributed by atoms with Gasteiger partial charge in [-0.25, -0.2) is 0 Å². The van der Waals surface area contributed by atoms with Crippen LogP contribution in [0.15, 0.2) is 0 Å². The minimum absolute atomic E-state index is 0.0201. The maximum Gasteiger partial charge on any atom is 0.0625 e. The van der Waals surface area contributed by atoms with E-state index in [4.69, 9.17) is 84.2 Å². The quantitative estimate of drug-likeness (QED) is 0.0403. The van der Waals surface area contributed by atoms with Crippen LogP contribution in [0.4, 0.5) is 0 Å². The molecule has 0 bridgehead atoms. The molecule has 0 N–H and O–H groups in total. The summed E-state index contributed by atoms with van der Waals surface area (Å²) >= 11 is 0. The monoisotopic (exact) mass is 1650 g/mol. The topological polar surface area (TPSA) is 381 Å². The lowest BCUT2D eigenvalue weighted by Gasteiger charge is -2.28. The lowest BCUT2D eigenvalue weighted by Crippen LogP contribution is -2.08. The molecule has 0 amide bonds. The molecule has 0 heterocycles. The zero-order chi connectivity index (χ0) is 78.5. The third-order valence-electron chi connectivity index (χ3n) is 16.7. The zero-order valence-corrected chi connectivity index (χ0v) is 75.6. The summed E-state index contributed by atoms with van der Waals surface area (Å²) < 4.78 is 0. The van der Waals surface area contributed by atoms with Gasteiger partial charge in [-0.2, -0.15) is 84.2 Å². The van der Waals surface area contributed by atoms with Crippen LogP contribution >= 0.6 is 93.8 Å². The minimum Gasteiger partial charge on any atom is -0.198 e. The van der Waals surface area contributed by atoms with Crippen LogP contribution in [0.2, 0.25) is 0 Å². The van der Waals surface area contributed by atoms with Gasteiger partial charge in [0.2, 0.25) is 0 Å². The van der Waals surface area contributed by atoms with E-state index in [2.05, 4.69) is 125 Å². The summed E-state index contributed by atoms with van der Waals surface area (Å²) in [5.74, 6) is 0. The SMILES string of the molecule is CCCCP(CCCC#N)P(CCCC#N)CCCC#N.CCCP(CCC#N)CCP(CCC#N)CCCP(CCC#N)CCP(CCC#N)CCC#N.CCCP(CCC#N)CCP(CCP(CCC#N)CCC#N)CCP(CCC#N)CCC#N.CCCP(CCC#N)P(CCC#N)CCC#N. The van der Waals surface area contributed by atoms with Gasteiger partial charge in [0.25, 0.3) is 0 Å². The summed E-state index contributed by atoms with van der Waals surface area (Å²) in [7, 11) is -1.51. The average molecular weight is 1650 g/mol. The van der Waals surface area contributed by atoms with Crippen molar-refractivity contribution in [1.82, 2.24) is 0 Å². The molecule has 0 aliphatic carbocycles. The van der Waals surface area contributed by atoms with Crippen LogP contribution in [0.1, 0.15) is 188 Å². The van der Waals surface area contributed by atoms with Crippen molar-refractivity contribution >= 4 is 93.8 Å². The first-order valence-electron chi connectivity index (χ1n) is 38.1. The van der Waals surface area contributed by atoms with Crippen molar-refractivity contribution in [2.45, 2.75) is 188 Å². The second-order valence-corrected chi connectivity index (χ2v) is 60.7. The minimum atomic E-state index is -0.242. The molecule has 0 spiro atoms. The molecule has 0 rings (SSSR count). The van der Waals surface area contributed by atoms with Gasteiger partial charge in [0.1, 0.15) is 0 Å². The van der Waals surface area contributed by atoms with Crippen LogP contribution in [-0.4, -0.2) is 197 Å². The van der Waals surface area contributed by atoms with E-state index in [0.717, 1.165) is 112 Å². The Bertz CT molecular complexity index is 2690. The molecular formula is C77H126N16P12. The number of hydrogen-bond donors (Lipinski definition) is 0. The van der Waals surface area contributed by atoms with Crippen LogP contribution in [0.25, 0.3) is 0 Å². The fourth-order valence-electron chi connectivity index (χ4n) is 11.1. The lowest BCUT2D eigenvalue weighted by molar-refractivity contribution is 0.886. The maximum absolute atomic E-state index is 9.11. The molecule has 0 aromatic rings. The second kappa shape index (κ2) is 89.9. The summed E-state index contributed by atoms with van der Waals surface area (Å²) in [6.45, 7) is 8.87. The highest BCUT2D eigenvalue weighted by Crippen LogP contribution is 2.71. The predicted octanol–water partition coefficient (Wildman–Crippen LogP) is 23.8. The molecule has 0 fully saturated rings. The van der Waals surface area contributed by atoms with Gasteiger partial charge >= 0.3 is 0 Å². The first kappa shape index (κ1) is 108. The summed E-state index contributed by atoms with van der Waals surface area (Å²) in [6.07, 6.45) is 56.4. The lowest BCUT2D eigenvalue weighted by atomic mass is 10.4. The number of nitrogens with zero attached hydrogens (tertiary/aromatic N) is 16. The van der Waals surface area contributed by atoms with Crippen molar-refractivity contribution in [1.29, 1.82) is 84.2 Å². The number of hydrogen-bond acceptors (Lipinski definition) is 16. The van der Waals surface area contributed by atoms with Crippen LogP contribution in [0.5, 0.6) is 0 Å². The Morgan fingerprint density at radius 2 is 0.295 bits per heavy atom. The Labute approximate surface area is 656 Å². The molecule has 0 aromatic carbocycles. The maximum atomic E-state index is 9.11. The molecular weight excluding hydrogens is 1520 g/mol. The average Bonchev–Trinajstić information content (AvgIpc) is 0.961. The predicted molar refractivity (Wildman–Crippen MR) is 467 cm³/mol. The molecule has 105 heavy (non-hydrogen) atoms. The largest absolute Gasteiger partial charge is 0.198 e. The first-order chi connectivity index (χ1) is 51.4.